The van der Waals surface area contributed by atoms with Crippen molar-refractivity contribution >= 4 is 39.9 Å². The van der Waals surface area contributed by atoms with E-state index < -0.39 is 24.0 Å². The third-order valence-corrected chi connectivity index (χ3v) is 4.40. The van der Waals surface area contributed by atoms with Crippen LogP contribution in [0, 0.1) is 6.92 Å². The molecule has 0 aliphatic heterocycles. The molecule has 0 aliphatic rings. The lowest BCUT2D eigenvalue weighted by molar-refractivity contribution is -0.119. The summed E-state index contributed by atoms with van der Waals surface area (Å²) in [7, 11) is 0. The summed E-state index contributed by atoms with van der Waals surface area (Å²) in [5.41, 5.74) is 0.780. The molecule has 0 saturated carbocycles. The number of halogens is 1. The van der Waals surface area contributed by atoms with Gasteiger partial charge in [0.1, 0.15) is 0 Å². The van der Waals surface area contributed by atoms with E-state index >= 15 is 0 Å². The van der Waals surface area contributed by atoms with E-state index in [0.717, 1.165) is 10.2 Å². The monoisotopic (exact) mass is 415 g/mol. The number of aromatic nitrogens is 2. The van der Waals surface area contributed by atoms with Crippen LogP contribution in [0.3, 0.4) is 0 Å². The fourth-order valence-electron chi connectivity index (χ4n) is 2.79. The maximum atomic E-state index is 12.5. The van der Waals surface area contributed by atoms with E-state index in [-0.39, 0.29) is 24.2 Å². The van der Waals surface area contributed by atoms with Gasteiger partial charge in [-0.2, -0.15) is 5.10 Å². The fourth-order valence-corrected chi connectivity index (χ4v) is 3.01. The van der Waals surface area contributed by atoms with Crippen LogP contribution in [0.4, 0.5) is 5.69 Å². The first-order chi connectivity index (χ1) is 13.9. The number of nitrogens with zero attached hydrogens (tertiary/aromatic N) is 2. The Morgan fingerprint density at radius 2 is 1.93 bits per heavy atom. The third kappa shape index (κ3) is 4.61. The number of amides is 1. The molecule has 29 heavy (non-hydrogen) atoms. The fraction of sp³-hybridized carbons (Fsp3) is 0.200. The Labute approximate surface area is 170 Å². The van der Waals surface area contributed by atoms with E-state index in [9.17, 15) is 14.4 Å². The molecular weight excluding hydrogens is 398 g/mol. The average Bonchev–Trinajstić information content (AvgIpc) is 2.70. The second-order valence-electron chi connectivity index (χ2n) is 6.23. The standard InChI is InChI=1S/C20H18ClN3O5/c1-12-10-13(21)6-7-16(12)22-17(26)11-29-20(28)18-14-4-2-3-5-15(14)19(27)24(23-18)8-9-25/h2-7,10,25H,8-9,11H2,1H3,(H,22,26). The van der Waals surface area contributed by atoms with Gasteiger partial charge in [0.15, 0.2) is 12.3 Å². The van der Waals surface area contributed by atoms with Crippen molar-refractivity contribution in [1.82, 2.24) is 9.78 Å². The summed E-state index contributed by atoms with van der Waals surface area (Å²) >= 11 is 5.89. The van der Waals surface area contributed by atoms with E-state index in [4.69, 9.17) is 21.4 Å². The molecule has 2 N–H and O–H groups in total. The van der Waals surface area contributed by atoms with Crippen LogP contribution in [0.5, 0.6) is 0 Å². The number of fused-ring (bicyclic) bond motifs is 1. The van der Waals surface area contributed by atoms with Crippen LogP contribution in [0.1, 0.15) is 16.1 Å². The van der Waals surface area contributed by atoms with Gasteiger partial charge in [-0.3, -0.25) is 9.59 Å². The SMILES string of the molecule is Cc1cc(Cl)ccc1NC(=O)COC(=O)c1nn(CCO)c(=O)c2ccccc12. The number of nitrogens with one attached hydrogen (secondary N) is 1. The van der Waals surface area contributed by atoms with Crippen LogP contribution >= 0.6 is 11.6 Å². The molecule has 0 unspecified atom stereocenters. The van der Waals surface area contributed by atoms with Gasteiger partial charge in [0, 0.05) is 16.1 Å². The van der Waals surface area contributed by atoms with Gasteiger partial charge in [0.2, 0.25) is 0 Å². The molecular formula is C20H18ClN3O5. The van der Waals surface area contributed by atoms with Crippen molar-refractivity contribution in [1.29, 1.82) is 0 Å². The van der Waals surface area contributed by atoms with Crippen LogP contribution in [0.15, 0.2) is 47.3 Å². The summed E-state index contributed by atoms with van der Waals surface area (Å²) in [6.45, 7) is 0.868. The maximum Gasteiger partial charge on any atom is 0.359 e. The summed E-state index contributed by atoms with van der Waals surface area (Å²) in [4.78, 5) is 37.1. The lowest BCUT2D eigenvalue weighted by atomic mass is 10.1. The molecule has 150 valence electrons. The first kappa shape index (κ1) is 20.5. The Morgan fingerprint density at radius 1 is 1.21 bits per heavy atom. The minimum absolute atomic E-state index is 0.0692. The Bertz CT molecular complexity index is 1140. The number of ether oxygens (including phenoxy) is 1. The number of aliphatic hydroxyl groups is 1. The predicted molar refractivity (Wildman–Crippen MR) is 108 cm³/mol. The van der Waals surface area contributed by atoms with Crippen molar-refractivity contribution in [3.05, 3.63) is 69.1 Å². The number of aryl methyl sites for hydroxylation is 1. The minimum atomic E-state index is -0.851. The lowest BCUT2D eigenvalue weighted by Crippen LogP contribution is -2.28. The van der Waals surface area contributed by atoms with Crippen LogP contribution in [0.25, 0.3) is 10.8 Å². The van der Waals surface area contributed by atoms with Crippen molar-refractivity contribution in [2.24, 2.45) is 0 Å². The molecule has 1 amide bonds. The Morgan fingerprint density at radius 3 is 2.62 bits per heavy atom. The number of esters is 1. The van der Waals surface area contributed by atoms with E-state index in [1.54, 1.807) is 49.4 Å². The summed E-state index contributed by atoms with van der Waals surface area (Å²) < 4.78 is 6.09. The zero-order valence-electron chi connectivity index (χ0n) is 15.5. The van der Waals surface area contributed by atoms with E-state index in [0.29, 0.717) is 16.1 Å². The molecule has 3 rings (SSSR count). The van der Waals surface area contributed by atoms with E-state index in [1.165, 1.54) is 0 Å². The van der Waals surface area contributed by atoms with Crippen LogP contribution in [0.2, 0.25) is 5.02 Å². The Kier molecular flexibility index (Phi) is 6.26. The molecule has 1 aromatic heterocycles. The summed E-state index contributed by atoms with van der Waals surface area (Å²) in [6, 6.07) is 11.4. The average molecular weight is 416 g/mol. The highest BCUT2D eigenvalue weighted by Crippen LogP contribution is 2.19. The van der Waals surface area contributed by atoms with Gasteiger partial charge in [-0.1, -0.05) is 29.8 Å². The highest BCUT2D eigenvalue weighted by atomic mass is 35.5. The van der Waals surface area contributed by atoms with Gasteiger partial charge < -0.3 is 15.2 Å². The number of carbonyl (C=O) groups is 2. The van der Waals surface area contributed by atoms with Gasteiger partial charge in [0.25, 0.3) is 11.5 Å². The summed E-state index contributed by atoms with van der Waals surface area (Å²) in [6.07, 6.45) is 0. The van der Waals surface area contributed by atoms with Gasteiger partial charge >= 0.3 is 5.97 Å². The number of rotatable bonds is 6. The third-order valence-electron chi connectivity index (χ3n) is 4.17. The Balaban J connectivity index is 1.78. The van der Waals surface area contributed by atoms with Gasteiger partial charge in [-0.25, -0.2) is 9.48 Å². The second kappa shape index (κ2) is 8.85. The van der Waals surface area contributed by atoms with Crippen LogP contribution in [-0.2, 0) is 16.1 Å². The number of anilines is 1. The van der Waals surface area contributed by atoms with Gasteiger partial charge in [-0.05, 0) is 36.8 Å². The van der Waals surface area contributed by atoms with Crippen molar-refractivity contribution in [3.63, 3.8) is 0 Å². The van der Waals surface area contributed by atoms with Gasteiger partial charge in [0.05, 0.1) is 18.5 Å². The zero-order chi connectivity index (χ0) is 21.0. The predicted octanol–water partition coefficient (Wildman–Crippen LogP) is 2.15. The van der Waals surface area contributed by atoms with Crippen LogP contribution in [-0.4, -0.2) is 40.0 Å². The summed E-state index contributed by atoms with van der Waals surface area (Å²) in [5, 5.41) is 16.9. The van der Waals surface area contributed by atoms with Crippen molar-refractivity contribution in [2.45, 2.75) is 13.5 Å². The molecule has 2 aromatic carbocycles. The highest BCUT2D eigenvalue weighted by molar-refractivity contribution is 6.30. The summed E-state index contributed by atoms with van der Waals surface area (Å²) in [5.74, 6) is -1.38. The number of hydrogen-bond donors (Lipinski definition) is 2. The maximum absolute atomic E-state index is 12.5. The molecule has 1 heterocycles. The quantitative estimate of drug-likeness (QED) is 0.597. The number of benzene rings is 2. The smallest absolute Gasteiger partial charge is 0.359 e. The van der Waals surface area contributed by atoms with Gasteiger partial charge in [-0.15, -0.1) is 0 Å². The molecule has 3 aromatic rings. The molecule has 9 heteroatoms. The largest absolute Gasteiger partial charge is 0.451 e. The molecule has 0 fully saturated rings. The van der Waals surface area contributed by atoms with Crippen molar-refractivity contribution < 1.29 is 19.4 Å². The first-order valence-corrected chi connectivity index (χ1v) is 9.12. The van der Waals surface area contributed by atoms with Crippen LogP contribution < -0.4 is 10.9 Å². The normalized spacial score (nSPS) is 10.7. The first-order valence-electron chi connectivity index (χ1n) is 8.74. The molecule has 0 aliphatic carbocycles. The molecule has 0 bridgehead atoms. The Hall–Kier alpha value is -3.23. The van der Waals surface area contributed by atoms with Crippen molar-refractivity contribution in [3.8, 4) is 0 Å². The molecule has 0 radical (unpaired) electrons. The molecule has 0 atom stereocenters. The van der Waals surface area contributed by atoms with E-state index in [1.807, 2.05) is 0 Å². The zero-order valence-corrected chi connectivity index (χ0v) is 16.3. The molecule has 8 nitrogen and oxygen atoms in total. The van der Waals surface area contributed by atoms with Crippen molar-refractivity contribution in [2.75, 3.05) is 18.5 Å². The molecule has 0 saturated heterocycles. The number of aliphatic hydroxyl groups excluding tert-OH is 1. The molecule has 0 spiro atoms. The lowest BCUT2D eigenvalue weighted by Gasteiger charge is -2.11. The highest BCUT2D eigenvalue weighted by Gasteiger charge is 2.19. The number of carbonyl (C=O) groups excluding carboxylic acids is 2. The topological polar surface area (TPSA) is 111 Å². The minimum Gasteiger partial charge on any atom is -0.451 e. The number of hydrogen-bond acceptors (Lipinski definition) is 6. The van der Waals surface area contributed by atoms with E-state index in [2.05, 4.69) is 10.4 Å². The second-order valence-corrected chi connectivity index (χ2v) is 6.67.